The van der Waals surface area contributed by atoms with Crippen molar-refractivity contribution in [3.8, 4) is 0 Å². The number of fused-ring (bicyclic) bond motifs is 1. The summed E-state index contributed by atoms with van der Waals surface area (Å²) >= 11 is 3.58. The second-order valence-corrected chi connectivity index (χ2v) is 6.09. The van der Waals surface area contributed by atoms with Gasteiger partial charge in [-0.25, -0.2) is 9.97 Å². The first-order valence-corrected chi connectivity index (χ1v) is 8.15. The molecular weight excluding hydrogens is 328 g/mol. The molecule has 0 amide bonds. The van der Waals surface area contributed by atoms with E-state index in [1.807, 2.05) is 0 Å². The van der Waals surface area contributed by atoms with Gasteiger partial charge in [-0.3, -0.25) is 0 Å². The third kappa shape index (κ3) is 3.02. The van der Waals surface area contributed by atoms with Crippen molar-refractivity contribution >= 4 is 27.6 Å². The molecule has 1 aromatic heterocycles. The van der Waals surface area contributed by atoms with Crippen LogP contribution in [0.25, 0.3) is 0 Å². The van der Waals surface area contributed by atoms with Crippen molar-refractivity contribution in [1.29, 1.82) is 0 Å². The first-order chi connectivity index (χ1) is 10.3. The summed E-state index contributed by atoms with van der Waals surface area (Å²) in [5.74, 6) is 2.28. The fourth-order valence-electron chi connectivity index (χ4n) is 2.62. The summed E-state index contributed by atoms with van der Waals surface area (Å²) in [5.41, 5.74) is 2.93. The maximum atomic E-state index is 4.32. The molecule has 0 fully saturated rings. The fraction of sp³-hybridized carbons (Fsp3) is 0.375. The van der Waals surface area contributed by atoms with Gasteiger partial charge in [0.15, 0.2) is 0 Å². The molecule has 4 nitrogen and oxygen atoms in total. The SMILES string of the molecule is CCCNc1ncnc(NCC2Cc3ccccc32)c1Br. The minimum Gasteiger partial charge on any atom is -0.369 e. The van der Waals surface area contributed by atoms with E-state index in [0.29, 0.717) is 5.92 Å². The number of benzene rings is 1. The van der Waals surface area contributed by atoms with Crippen molar-refractivity contribution in [2.45, 2.75) is 25.7 Å². The number of anilines is 2. The van der Waals surface area contributed by atoms with Crippen LogP contribution >= 0.6 is 15.9 Å². The molecule has 1 atom stereocenters. The number of nitrogens with zero attached hydrogens (tertiary/aromatic N) is 2. The Kier molecular flexibility index (Phi) is 4.39. The Balaban J connectivity index is 1.64. The smallest absolute Gasteiger partial charge is 0.145 e. The molecule has 3 rings (SSSR count). The molecule has 1 aliphatic rings. The van der Waals surface area contributed by atoms with Gasteiger partial charge in [0.1, 0.15) is 22.4 Å². The summed E-state index contributed by atoms with van der Waals surface area (Å²) in [5, 5.41) is 6.73. The standard InChI is InChI=1S/C16H19BrN4/c1-2-7-18-15-14(17)16(21-10-20-15)19-9-12-8-11-5-3-4-6-13(11)12/h3-6,10,12H,2,7-9H2,1H3,(H2,18,19,20,21). The number of hydrogen-bond donors (Lipinski definition) is 2. The van der Waals surface area contributed by atoms with Crippen LogP contribution in [0, 0.1) is 0 Å². The molecule has 2 N–H and O–H groups in total. The van der Waals surface area contributed by atoms with Crippen LogP contribution in [0.4, 0.5) is 11.6 Å². The lowest BCUT2D eigenvalue weighted by Gasteiger charge is -2.30. The van der Waals surface area contributed by atoms with E-state index in [2.05, 4.69) is 67.7 Å². The minimum absolute atomic E-state index is 0.579. The summed E-state index contributed by atoms with van der Waals surface area (Å²) in [6.07, 6.45) is 3.81. The number of halogens is 1. The van der Waals surface area contributed by atoms with Gasteiger partial charge in [0.25, 0.3) is 0 Å². The van der Waals surface area contributed by atoms with Crippen LogP contribution < -0.4 is 10.6 Å². The van der Waals surface area contributed by atoms with Crippen molar-refractivity contribution < 1.29 is 0 Å². The van der Waals surface area contributed by atoms with Gasteiger partial charge in [-0.2, -0.15) is 0 Å². The van der Waals surface area contributed by atoms with Crippen molar-refractivity contribution in [2.24, 2.45) is 0 Å². The number of aromatic nitrogens is 2. The zero-order valence-corrected chi connectivity index (χ0v) is 13.7. The van der Waals surface area contributed by atoms with Gasteiger partial charge in [-0.15, -0.1) is 0 Å². The lowest BCUT2D eigenvalue weighted by Crippen LogP contribution is -2.24. The second-order valence-electron chi connectivity index (χ2n) is 5.29. The van der Waals surface area contributed by atoms with Crippen LogP contribution in [-0.4, -0.2) is 23.1 Å². The molecule has 0 saturated heterocycles. The van der Waals surface area contributed by atoms with E-state index in [-0.39, 0.29) is 0 Å². The van der Waals surface area contributed by atoms with E-state index < -0.39 is 0 Å². The Morgan fingerprint density at radius 1 is 1.19 bits per heavy atom. The molecule has 5 heteroatoms. The van der Waals surface area contributed by atoms with Crippen LogP contribution in [0.5, 0.6) is 0 Å². The second kappa shape index (κ2) is 6.43. The average molecular weight is 347 g/mol. The predicted octanol–water partition coefficient (Wildman–Crippen LogP) is 3.81. The Morgan fingerprint density at radius 3 is 2.71 bits per heavy atom. The van der Waals surface area contributed by atoms with E-state index in [1.165, 1.54) is 11.1 Å². The molecule has 0 saturated carbocycles. The van der Waals surface area contributed by atoms with Crippen LogP contribution in [0.3, 0.4) is 0 Å². The molecule has 0 bridgehead atoms. The lowest BCUT2D eigenvalue weighted by molar-refractivity contribution is 0.634. The quantitative estimate of drug-likeness (QED) is 0.834. The average Bonchev–Trinajstić information content (AvgIpc) is 2.48. The Bertz CT molecular complexity index is 629. The van der Waals surface area contributed by atoms with Gasteiger partial charge in [0, 0.05) is 19.0 Å². The van der Waals surface area contributed by atoms with E-state index >= 15 is 0 Å². The molecule has 1 unspecified atom stereocenters. The number of nitrogens with one attached hydrogen (secondary N) is 2. The molecule has 0 spiro atoms. The van der Waals surface area contributed by atoms with E-state index in [9.17, 15) is 0 Å². The van der Waals surface area contributed by atoms with Gasteiger partial charge in [0.2, 0.25) is 0 Å². The highest BCUT2D eigenvalue weighted by atomic mass is 79.9. The number of hydrogen-bond acceptors (Lipinski definition) is 4. The van der Waals surface area contributed by atoms with Gasteiger partial charge in [-0.05, 0) is 39.9 Å². The molecular formula is C16H19BrN4. The maximum absolute atomic E-state index is 4.32. The molecule has 21 heavy (non-hydrogen) atoms. The van der Waals surface area contributed by atoms with Crippen LogP contribution in [0.15, 0.2) is 35.1 Å². The van der Waals surface area contributed by atoms with Crippen molar-refractivity contribution in [3.05, 3.63) is 46.2 Å². The van der Waals surface area contributed by atoms with Crippen LogP contribution in [0.2, 0.25) is 0 Å². The summed E-state index contributed by atoms with van der Waals surface area (Å²) < 4.78 is 0.908. The van der Waals surface area contributed by atoms with E-state index in [0.717, 1.165) is 42.0 Å². The van der Waals surface area contributed by atoms with Gasteiger partial charge in [0.05, 0.1) is 0 Å². The largest absolute Gasteiger partial charge is 0.369 e. The topological polar surface area (TPSA) is 49.8 Å². The molecule has 1 heterocycles. The third-order valence-electron chi connectivity index (χ3n) is 3.81. The predicted molar refractivity (Wildman–Crippen MR) is 89.9 cm³/mol. The monoisotopic (exact) mass is 346 g/mol. The van der Waals surface area contributed by atoms with Crippen molar-refractivity contribution in [2.75, 3.05) is 23.7 Å². The van der Waals surface area contributed by atoms with Gasteiger partial charge < -0.3 is 10.6 Å². The Morgan fingerprint density at radius 2 is 1.95 bits per heavy atom. The Labute approximate surface area is 133 Å². The zero-order valence-electron chi connectivity index (χ0n) is 12.1. The van der Waals surface area contributed by atoms with Crippen LogP contribution in [-0.2, 0) is 6.42 Å². The van der Waals surface area contributed by atoms with Gasteiger partial charge in [-0.1, -0.05) is 31.2 Å². The van der Waals surface area contributed by atoms with E-state index in [4.69, 9.17) is 0 Å². The normalized spacial score (nSPS) is 16.0. The molecule has 1 aliphatic carbocycles. The lowest BCUT2D eigenvalue weighted by atomic mass is 9.77. The van der Waals surface area contributed by atoms with E-state index in [1.54, 1.807) is 6.33 Å². The minimum atomic E-state index is 0.579. The summed E-state index contributed by atoms with van der Waals surface area (Å²) in [4.78, 5) is 8.59. The summed E-state index contributed by atoms with van der Waals surface area (Å²) in [6, 6.07) is 8.64. The fourth-order valence-corrected chi connectivity index (χ4v) is 3.11. The van der Waals surface area contributed by atoms with Crippen LogP contribution in [0.1, 0.15) is 30.4 Å². The molecule has 110 valence electrons. The summed E-state index contributed by atoms with van der Waals surface area (Å²) in [6.45, 7) is 3.94. The zero-order chi connectivity index (χ0) is 14.7. The highest BCUT2D eigenvalue weighted by Crippen LogP contribution is 2.35. The highest BCUT2D eigenvalue weighted by Gasteiger charge is 2.25. The molecule has 0 aliphatic heterocycles. The highest BCUT2D eigenvalue weighted by molar-refractivity contribution is 9.10. The number of rotatable bonds is 6. The third-order valence-corrected chi connectivity index (χ3v) is 4.56. The van der Waals surface area contributed by atoms with Crippen molar-refractivity contribution in [1.82, 2.24) is 9.97 Å². The first-order valence-electron chi connectivity index (χ1n) is 7.35. The Hall–Kier alpha value is -1.62. The first kappa shape index (κ1) is 14.3. The summed E-state index contributed by atoms with van der Waals surface area (Å²) in [7, 11) is 0. The molecule has 0 radical (unpaired) electrons. The molecule has 1 aromatic carbocycles. The molecule has 2 aromatic rings. The maximum Gasteiger partial charge on any atom is 0.145 e. The van der Waals surface area contributed by atoms with Gasteiger partial charge >= 0.3 is 0 Å². The van der Waals surface area contributed by atoms with Crippen molar-refractivity contribution in [3.63, 3.8) is 0 Å².